The summed E-state index contributed by atoms with van der Waals surface area (Å²) in [6, 6.07) is 0. The SMILES string of the molecule is CC(C)CN1CC(O)CC1(C)CO. The van der Waals surface area contributed by atoms with Crippen molar-refractivity contribution in [1.29, 1.82) is 0 Å². The van der Waals surface area contributed by atoms with Crippen LogP contribution in [0.25, 0.3) is 0 Å². The first-order valence-electron chi connectivity index (χ1n) is 5.02. The lowest BCUT2D eigenvalue weighted by Crippen LogP contribution is -2.45. The molecule has 1 aliphatic rings. The topological polar surface area (TPSA) is 43.7 Å². The summed E-state index contributed by atoms with van der Waals surface area (Å²) < 4.78 is 0. The molecule has 0 radical (unpaired) electrons. The van der Waals surface area contributed by atoms with E-state index < -0.39 is 0 Å². The van der Waals surface area contributed by atoms with E-state index in [9.17, 15) is 10.2 Å². The molecule has 0 bridgehead atoms. The minimum atomic E-state index is -0.268. The molecule has 78 valence electrons. The zero-order chi connectivity index (χ0) is 10.1. The predicted molar refractivity (Wildman–Crippen MR) is 52.5 cm³/mol. The molecule has 2 atom stereocenters. The van der Waals surface area contributed by atoms with Crippen LogP contribution in [0, 0.1) is 5.92 Å². The first-order chi connectivity index (χ1) is 5.98. The zero-order valence-corrected chi connectivity index (χ0v) is 8.82. The van der Waals surface area contributed by atoms with Gasteiger partial charge in [-0.05, 0) is 19.3 Å². The fraction of sp³-hybridized carbons (Fsp3) is 1.00. The standard InChI is InChI=1S/C10H21NO2/c1-8(2)5-11-6-9(13)4-10(11,3)7-12/h8-9,12-13H,4-7H2,1-3H3. The summed E-state index contributed by atoms with van der Waals surface area (Å²) in [5.41, 5.74) is -0.205. The van der Waals surface area contributed by atoms with Crippen molar-refractivity contribution in [1.82, 2.24) is 4.90 Å². The van der Waals surface area contributed by atoms with Crippen LogP contribution in [-0.2, 0) is 0 Å². The quantitative estimate of drug-likeness (QED) is 0.674. The van der Waals surface area contributed by atoms with E-state index in [1.807, 2.05) is 6.92 Å². The van der Waals surface area contributed by atoms with Crippen molar-refractivity contribution in [2.75, 3.05) is 19.7 Å². The molecular formula is C10H21NO2. The van der Waals surface area contributed by atoms with E-state index in [1.165, 1.54) is 0 Å². The average molecular weight is 187 g/mol. The second kappa shape index (κ2) is 3.95. The van der Waals surface area contributed by atoms with Crippen LogP contribution < -0.4 is 0 Å². The van der Waals surface area contributed by atoms with E-state index in [2.05, 4.69) is 18.7 Å². The summed E-state index contributed by atoms with van der Waals surface area (Å²) in [6.45, 7) is 8.12. The number of nitrogens with zero attached hydrogens (tertiary/aromatic N) is 1. The van der Waals surface area contributed by atoms with Crippen LogP contribution in [0.15, 0.2) is 0 Å². The molecule has 0 spiro atoms. The van der Waals surface area contributed by atoms with Gasteiger partial charge in [0, 0.05) is 18.6 Å². The number of hydrogen-bond donors (Lipinski definition) is 2. The fourth-order valence-corrected chi connectivity index (χ4v) is 2.08. The minimum Gasteiger partial charge on any atom is -0.394 e. The molecule has 2 unspecified atom stereocenters. The number of hydrogen-bond acceptors (Lipinski definition) is 3. The molecule has 1 fully saturated rings. The number of likely N-dealkylation sites (tertiary alicyclic amines) is 1. The summed E-state index contributed by atoms with van der Waals surface area (Å²) in [6.07, 6.45) is 0.423. The van der Waals surface area contributed by atoms with Gasteiger partial charge in [-0.1, -0.05) is 13.8 Å². The Morgan fingerprint density at radius 1 is 1.54 bits per heavy atom. The Labute approximate surface area is 80.4 Å². The maximum absolute atomic E-state index is 9.53. The summed E-state index contributed by atoms with van der Waals surface area (Å²) in [5, 5.41) is 18.8. The lowest BCUT2D eigenvalue weighted by molar-refractivity contribution is 0.0702. The van der Waals surface area contributed by atoms with Gasteiger partial charge in [-0.2, -0.15) is 0 Å². The Bertz CT molecular complexity index is 172. The first kappa shape index (κ1) is 11.0. The predicted octanol–water partition coefficient (Wildman–Crippen LogP) is 0.460. The van der Waals surface area contributed by atoms with Crippen LogP contribution in [0.3, 0.4) is 0 Å². The molecule has 0 aromatic heterocycles. The molecule has 0 aliphatic carbocycles. The van der Waals surface area contributed by atoms with E-state index >= 15 is 0 Å². The Hall–Kier alpha value is -0.120. The Morgan fingerprint density at radius 2 is 2.15 bits per heavy atom. The van der Waals surface area contributed by atoms with Gasteiger partial charge in [0.15, 0.2) is 0 Å². The molecular weight excluding hydrogens is 166 g/mol. The van der Waals surface area contributed by atoms with Gasteiger partial charge >= 0.3 is 0 Å². The van der Waals surface area contributed by atoms with Gasteiger partial charge in [0.2, 0.25) is 0 Å². The first-order valence-corrected chi connectivity index (χ1v) is 5.02. The summed E-state index contributed by atoms with van der Waals surface area (Å²) in [7, 11) is 0. The van der Waals surface area contributed by atoms with Gasteiger partial charge in [0.05, 0.1) is 12.7 Å². The van der Waals surface area contributed by atoms with Crippen molar-refractivity contribution in [2.45, 2.75) is 38.8 Å². The number of aliphatic hydroxyl groups is 2. The van der Waals surface area contributed by atoms with Crippen LogP contribution in [-0.4, -0.2) is 46.5 Å². The second-order valence-corrected chi connectivity index (χ2v) is 4.81. The average Bonchev–Trinajstić information content (AvgIpc) is 2.27. The molecule has 3 heteroatoms. The molecule has 13 heavy (non-hydrogen) atoms. The molecule has 0 saturated carbocycles. The van der Waals surface area contributed by atoms with Gasteiger partial charge in [0.1, 0.15) is 0 Å². The van der Waals surface area contributed by atoms with Crippen molar-refractivity contribution in [3.63, 3.8) is 0 Å². The van der Waals surface area contributed by atoms with E-state index in [0.29, 0.717) is 18.9 Å². The summed E-state index contributed by atoms with van der Waals surface area (Å²) >= 11 is 0. The van der Waals surface area contributed by atoms with Gasteiger partial charge in [0.25, 0.3) is 0 Å². The van der Waals surface area contributed by atoms with Crippen molar-refractivity contribution in [3.05, 3.63) is 0 Å². The number of aliphatic hydroxyl groups excluding tert-OH is 2. The summed E-state index contributed by atoms with van der Waals surface area (Å²) in [5.74, 6) is 0.580. The lowest BCUT2D eigenvalue weighted by atomic mass is 9.98. The van der Waals surface area contributed by atoms with E-state index in [0.717, 1.165) is 6.54 Å². The minimum absolute atomic E-state index is 0.136. The van der Waals surface area contributed by atoms with Crippen molar-refractivity contribution in [2.24, 2.45) is 5.92 Å². The molecule has 2 N–H and O–H groups in total. The lowest BCUT2D eigenvalue weighted by Gasteiger charge is -2.34. The molecule has 1 rings (SSSR count). The van der Waals surface area contributed by atoms with Gasteiger partial charge in [-0.25, -0.2) is 0 Å². The smallest absolute Gasteiger partial charge is 0.0685 e. The third-order valence-corrected chi connectivity index (χ3v) is 2.80. The van der Waals surface area contributed by atoms with Crippen LogP contribution in [0.4, 0.5) is 0 Å². The highest BCUT2D eigenvalue weighted by Gasteiger charge is 2.40. The molecule has 0 aromatic carbocycles. The van der Waals surface area contributed by atoms with E-state index in [4.69, 9.17) is 0 Å². The van der Waals surface area contributed by atoms with Crippen molar-refractivity contribution >= 4 is 0 Å². The van der Waals surface area contributed by atoms with Gasteiger partial charge < -0.3 is 10.2 Å². The maximum atomic E-state index is 9.53. The zero-order valence-electron chi connectivity index (χ0n) is 8.82. The van der Waals surface area contributed by atoms with E-state index in [1.54, 1.807) is 0 Å². The van der Waals surface area contributed by atoms with Crippen LogP contribution >= 0.6 is 0 Å². The maximum Gasteiger partial charge on any atom is 0.0685 e. The number of β-amino-alcohol motifs (C(OH)–C–C–N with tert-alkyl or cyclic N) is 1. The Balaban J connectivity index is 2.61. The molecule has 1 saturated heterocycles. The van der Waals surface area contributed by atoms with Crippen LogP contribution in [0.1, 0.15) is 27.2 Å². The van der Waals surface area contributed by atoms with Crippen LogP contribution in [0.5, 0.6) is 0 Å². The summed E-state index contributed by atoms with van der Waals surface area (Å²) in [4.78, 5) is 2.20. The second-order valence-electron chi connectivity index (χ2n) is 4.81. The molecule has 1 aliphatic heterocycles. The highest BCUT2D eigenvalue weighted by molar-refractivity contribution is 4.96. The third-order valence-electron chi connectivity index (χ3n) is 2.80. The molecule has 0 amide bonds. The molecule has 1 heterocycles. The number of rotatable bonds is 3. The van der Waals surface area contributed by atoms with Crippen molar-refractivity contribution < 1.29 is 10.2 Å². The highest BCUT2D eigenvalue weighted by atomic mass is 16.3. The Kier molecular flexibility index (Phi) is 3.33. The van der Waals surface area contributed by atoms with Crippen LogP contribution in [0.2, 0.25) is 0 Å². The Morgan fingerprint density at radius 3 is 2.62 bits per heavy atom. The monoisotopic (exact) mass is 187 g/mol. The van der Waals surface area contributed by atoms with Crippen molar-refractivity contribution in [3.8, 4) is 0 Å². The molecule has 0 aromatic rings. The highest BCUT2D eigenvalue weighted by Crippen LogP contribution is 2.29. The third kappa shape index (κ3) is 2.42. The van der Waals surface area contributed by atoms with Gasteiger partial charge in [-0.15, -0.1) is 0 Å². The normalized spacial score (nSPS) is 36.0. The van der Waals surface area contributed by atoms with Gasteiger partial charge in [-0.3, -0.25) is 4.90 Å². The molecule has 3 nitrogen and oxygen atoms in total. The van der Waals surface area contributed by atoms with E-state index in [-0.39, 0.29) is 18.2 Å². The fourth-order valence-electron chi connectivity index (χ4n) is 2.08. The largest absolute Gasteiger partial charge is 0.394 e.